The summed E-state index contributed by atoms with van der Waals surface area (Å²) in [7, 11) is 1.58. The van der Waals surface area contributed by atoms with E-state index in [1.165, 1.54) is 4.90 Å². The number of hydrogen-bond acceptors (Lipinski definition) is 3. The monoisotopic (exact) mass is 257 g/mol. The molecule has 1 heterocycles. The fraction of sp³-hybridized carbons (Fsp3) is 0.846. The lowest BCUT2D eigenvalue weighted by Gasteiger charge is -2.30. The van der Waals surface area contributed by atoms with Crippen LogP contribution < -0.4 is 0 Å². The molecule has 0 aromatic carbocycles. The van der Waals surface area contributed by atoms with Crippen LogP contribution in [0.2, 0.25) is 0 Å². The quantitative estimate of drug-likeness (QED) is 0.807. The van der Waals surface area contributed by atoms with Crippen molar-refractivity contribution in [2.24, 2.45) is 11.8 Å². The van der Waals surface area contributed by atoms with Gasteiger partial charge in [0.2, 0.25) is 5.91 Å². The molecule has 1 aliphatic heterocycles. The van der Waals surface area contributed by atoms with Crippen LogP contribution in [-0.4, -0.2) is 48.2 Å². The first-order chi connectivity index (χ1) is 8.43. The second kappa shape index (κ2) is 6.73. The summed E-state index contributed by atoms with van der Waals surface area (Å²) in [5.41, 5.74) is 0. The lowest BCUT2D eigenvalue weighted by atomic mass is 9.95. The SMILES string of the molecule is CC(C)C(C(=O)O)N(C)C(=O)CC1CCOCC1. The molecule has 1 saturated heterocycles. The van der Waals surface area contributed by atoms with E-state index in [0.717, 1.165) is 12.8 Å². The molecule has 0 aromatic rings. The highest BCUT2D eigenvalue weighted by Gasteiger charge is 2.30. The Morgan fingerprint density at radius 2 is 1.89 bits per heavy atom. The Bertz CT molecular complexity index is 297. The molecule has 1 atom stereocenters. The number of hydrogen-bond donors (Lipinski definition) is 1. The minimum Gasteiger partial charge on any atom is -0.480 e. The van der Waals surface area contributed by atoms with Gasteiger partial charge < -0.3 is 14.7 Å². The molecule has 104 valence electrons. The third-order valence-corrected chi connectivity index (χ3v) is 3.50. The predicted molar refractivity (Wildman–Crippen MR) is 67.2 cm³/mol. The van der Waals surface area contributed by atoms with Crippen LogP contribution in [0.25, 0.3) is 0 Å². The molecule has 0 aromatic heterocycles. The molecule has 1 amide bonds. The van der Waals surface area contributed by atoms with Gasteiger partial charge >= 0.3 is 5.97 Å². The second-order valence-corrected chi connectivity index (χ2v) is 5.29. The molecule has 0 saturated carbocycles. The van der Waals surface area contributed by atoms with Crippen LogP contribution in [0.3, 0.4) is 0 Å². The molecule has 5 nitrogen and oxygen atoms in total. The van der Waals surface area contributed by atoms with E-state index in [2.05, 4.69) is 0 Å². The number of ether oxygens (including phenoxy) is 1. The smallest absolute Gasteiger partial charge is 0.326 e. The number of nitrogens with zero attached hydrogens (tertiary/aromatic N) is 1. The minimum atomic E-state index is -0.937. The van der Waals surface area contributed by atoms with Crippen LogP contribution >= 0.6 is 0 Å². The topological polar surface area (TPSA) is 66.8 Å². The van der Waals surface area contributed by atoms with Crippen molar-refractivity contribution < 1.29 is 19.4 Å². The van der Waals surface area contributed by atoms with Gasteiger partial charge in [-0.3, -0.25) is 4.79 Å². The summed E-state index contributed by atoms with van der Waals surface area (Å²) >= 11 is 0. The minimum absolute atomic E-state index is 0.0806. The number of carboxylic acids is 1. The maximum atomic E-state index is 12.1. The molecule has 1 rings (SSSR count). The van der Waals surface area contributed by atoms with E-state index in [4.69, 9.17) is 9.84 Å². The first kappa shape index (κ1) is 15.0. The zero-order chi connectivity index (χ0) is 13.7. The van der Waals surface area contributed by atoms with E-state index in [1.807, 2.05) is 13.8 Å². The van der Waals surface area contributed by atoms with Crippen LogP contribution in [0, 0.1) is 11.8 Å². The first-order valence-electron chi connectivity index (χ1n) is 6.49. The number of amides is 1. The van der Waals surface area contributed by atoms with Gasteiger partial charge in [0.15, 0.2) is 0 Å². The molecule has 18 heavy (non-hydrogen) atoms. The maximum Gasteiger partial charge on any atom is 0.326 e. The van der Waals surface area contributed by atoms with Crippen molar-refractivity contribution >= 4 is 11.9 Å². The molecule has 1 unspecified atom stereocenters. The Morgan fingerprint density at radius 3 is 2.33 bits per heavy atom. The van der Waals surface area contributed by atoms with Crippen molar-refractivity contribution in [3.05, 3.63) is 0 Å². The zero-order valence-electron chi connectivity index (χ0n) is 11.4. The third kappa shape index (κ3) is 3.98. The average Bonchev–Trinajstić information content (AvgIpc) is 2.29. The van der Waals surface area contributed by atoms with E-state index in [1.54, 1.807) is 7.05 Å². The Kier molecular flexibility index (Phi) is 5.59. The van der Waals surface area contributed by atoms with Crippen molar-refractivity contribution in [2.45, 2.75) is 39.2 Å². The zero-order valence-corrected chi connectivity index (χ0v) is 11.4. The lowest BCUT2D eigenvalue weighted by Crippen LogP contribution is -2.46. The van der Waals surface area contributed by atoms with Gasteiger partial charge in [-0.05, 0) is 24.7 Å². The van der Waals surface area contributed by atoms with Gasteiger partial charge in [-0.1, -0.05) is 13.8 Å². The molecule has 0 bridgehead atoms. The van der Waals surface area contributed by atoms with Crippen molar-refractivity contribution in [2.75, 3.05) is 20.3 Å². The van der Waals surface area contributed by atoms with E-state index in [9.17, 15) is 9.59 Å². The molecule has 1 N–H and O–H groups in total. The molecule has 0 aliphatic carbocycles. The summed E-state index contributed by atoms with van der Waals surface area (Å²) in [6, 6.07) is -0.739. The molecule has 1 fully saturated rings. The highest BCUT2D eigenvalue weighted by atomic mass is 16.5. The molecular formula is C13H23NO4. The predicted octanol–water partition coefficient (Wildman–Crippen LogP) is 1.37. The fourth-order valence-corrected chi connectivity index (χ4v) is 2.39. The first-order valence-corrected chi connectivity index (χ1v) is 6.49. The summed E-state index contributed by atoms with van der Waals surface area (Å²) < 4.78 is 5.25. The maximum absolute atomic E-state index is 12.1. The number of aliphatic carboxylic acids is 1. The molecule has 1 aliphatic rings. The number of rotatable bonds is 5. The highest BCUT2D eigenvalue weighted by Crippen LogP contribution is 2.20. The van der Waals surface area contributed by atoms with Gasteiger partial charge in [-0.15, -0.1) is 0 Å². The second-order valence-electron chi connectivity index (χ2n) is 5.29. The normalized spacial score (nSPS) is 18.7. The number of carboxylic acid groups (broad SMARTS) is 1. The van der Waals surface area contributed by atoms with E-state index < -0.39 is 12.0 Å². The molecule has 0 radical (unpaired) electrons. The van der Waals surface area contributed by atoms with Gasteiger partial charge in [-0.2, -0.15) is 0 Å². The molecule has 5 heteroatoms. The van der Waals surface area contributed by atoms with Gasteiger partial charge in [0.05, 0.1) is 0 Å². The number of likely N-dealkylation sites (N-methyl/N-ethyl adjacent to an activating group) is 1. The summed E-state index contributed by atoms with van der Waals surface area (Å²) in [4.78, 5) is 24.6. The van der Waals surface area contributed by atoms with Crippen LogP contribution in [0.4, 0.5) is 0 Å². The number of carbonyl (C=O) groups is 2. The Balaban J connectivity index is 2.55. The lowest BCUT2D eigenvalue weighted by molar-refractivity contribution is -0.151. The van der Waals surface area contributed by atoms with Crippen molar-refractivity contribution in [3.63, 3.8) is 0 Å². The van der Waals surface area contributed by atoms with Gasteiger partial charge in [-0.25, -0.2) is 4.79 Å². The molecule has 0 spiro atoms. The van der Waals surface area contributed by atoms with Gasteiger partial charge in [0, 0.05) is 26.7 Å². The third-order valence-electron chi connectivity index (χ3n) is 3.50. The fourth-order valence-electron chi connectivity index (χ4n) is 2.39. The van der Waals surface area contributed by atoms with Gasteiger partial charge in [0.1, 0.15) is 6.04 Å². The Labute approximate surface area is 108 Å². The van der Waals surface area contributed by atoms with Crippen LogP contribution in [0.15, 0.2) is 0 Å². The van der Waals surface area contributed by atoms with Crippen LogP contribution in [0.5, 0.6) is 0 Å². The largest absolute Gasteiger partial charge is 0.480 e. The molecular weight excluding hydrogens is 234 g/mol. The Hall–Kier alpha value is -1.10. The Morgan fingerprint density at radius 1 is 1.33 bits per heavy atom. The van der Waals surface area contributed by atoms with E-state index in [0.29, 0.717) is 25.6 Å². The average molecular weight is 257 g/mol. The van der Waals surface area contributed by atoms with Crippen molar-refractivity contribution in [3.8, 4) is 0 Å². The summed E-state index contributed by atoms with van der Waals surface area (Å²) in [6.07, 6.45) is 2.20. The van der Waals surface area contributed by atoms with E-state index >= 15 is 0 Å². The van der Waals surface area contributed by atoms with Gasteiger partial charge in [0.25, 0.3) is 0 Å². The standard InChI is InChI=1S/C13H23NO4/c1-9(2)12(13(16)17)14(3)11(15)8-10-4-6-18-7-5-10/h9-10,12H,4-8H2,1-3H3,(H,16,17). The summed E-state index contributed by atoms with van der Waals surface area (Å²) in [6.45, 7) is 5.04. The van der Waals surface area contributed by atoms with Crippen molar-refractivity contribution in [1.82, 2.24) is 4.90 Å². The van der Waals surface area contributed by atoms with Crippen LogP contribution in [-0.2, 0) is 14.3 Å². The van der Waals surface area contributed by atoms with Crippen molar-refractivity contribution in [1.29, 1.82) is 0 Å². The number of carbonyl (C=O) groups excluding carboxylic acids is 1. The van der Waals surface area contributed by atoms with E-state index in [-0.39, 0.29) is 11.8 Å². The summed E-state index contributed by atoms with van der Waals surface area (Å²) in [5.74, 6) is -0.780. The summed E-state index contributed by atoms with van der Waals surface area (Å²) in [5, 5.41) is 9.15. The highest BCUT2D eigenvalue weighted by molar-refractivity contribution is 5.83. The van der Waals surface area contributed by atoms with Crippen LogP contribution in [0.1, 0.15) is 33.1 Å².